The van der Waals surface area contributed by atoms with Crippen LogP contribution < -0.4 is 9.47 Å². The normalized spacial score (nSPS) is 9.95. The highest BCUT2D eigenvalue weighted by atomic mass is 16.7. The maximum absolute atomic E-state index is 5.52. The molecular formula is C17H18O2. The van der Waals surface area contributed by atoms with Crippen LogP contribution in [0.2, 0.25) is 0 Å². The van der Waals surface area contributed by atoms with Gasteiger partial charge < -0.3 is 9.47 Å². The van der Waals surface area contributed by atoms with E-state index in [9.17, 15) is 0 Å². The minimum Gasteiger partial charge on any atom is -0.458 e. The predicted molar refractivity (Wildman–Crippen MR) is 78.5 cm³/mol. The van der Waals surface area contributed by atoms with Gasteiger partial charge in [-0.05, 0) is 41.8 Å². The third-order valence-corrected chi connectivity index (χ3v) is 2.90. The summed E-state index contributed by atoms with van der Waals surface area (Å²) < 4.78 is 11.0. The van der Waals surface area contributed by atoms with Crippen molar-refractivity contribution in [2.45, 2.75) is 13.3 Å². The second-order valence-electron chi connectivity index (χ2n) is 4.18. The van der Waals surface area contributed by atoms with Gasteiger partial charge in [-0.3, -0.25) is 0 Å². The first-order valence-corrected chi connectivity index (χ1v) is 6.39. The summed E-state index contributed by atoms with van der Waals surface area (Å²) in [5, 5.41) is 0. The van der Waals surface area contributed by atoms with E-state index in [1.54, 1.807) is 6.08 Å². The number of ether oxygens (including phenoxy) is 2. The molecule has 2 aromatic rings. The van der Waals surface area contributed by atoms with Gasteiger partial charge in [0.2, 0.25) is 6.79 Å². The third-order valence-electron chi connectivity index (χ3n) is 2.90. The second kappa shape index (κ2) is 6.64. The van der Waals surface area contributed by atoms with Crippen molar-refractivity contribution in [2.24, 2.45) is 0 Å². The molecule has 0 bridgehead atoms. The van der Waals surface area contributed by atoms with Crippen molar-refractivity contribution in [1.29, 1.82) is 0 Å². The van der Waals surface area contributed by atoms with Gasteiger partial charge in [-0.1, -0.05) is 43.8 Å². The molecule has 2 aromatic carbocycles. The Hall–Kier alpha value is -2.22. The van der Waals surface area contributed by atoms with Crippen molar-refractivity contribution in [3.05, 3.63) is 66.2 Å². The van der Waals surface area contributed by atoms with Gasteiger partial charge in [-0.2, -0.15) is 0 Å². The van der Waals surface area contributed by atoms with Crippen LogP contribution in [-0.2, 0) is 6.42 Å². The Bertz CT molecular complexity index is 512. The number of aryl methyl sites for hydroxylation is 1. The van der Waals surface area contributed by atoms with E-state index in [4.69, 9.17) is 9.47 Å². The topological polar surface area (TPSA) is 18.5 Å². The third kappa shape index (κ3) is 3.88. The molecule has 0 aliphatic carbocycles. The van der Waals surface area contributed by atoms with Crippen LogP contribution in [0.3, 0.4) is 0 Å². The van der Waals surface area contributed by atoms with E-state index >= 15 is 0 Å². The van der Waals surface area contributed by atoms with Crippen molar-refractivity contribution >= 4 is 6.08 Å². The van der Waals surface area contributed by atoms with Gasteiger partial charge in [-0.15, -0.1) is 0 Å². The number of rotatable bonds is 6. The largest absolute Gasteiger partial charge is 0.458 e. The average molecular weight is 254 g/mol. The number of benzene rings is 2. The molecule has 2 rings (SSSR count). The van der Waals surface area contributed by atoms with Crippen molar-refractivity contribution in [2.75, 3.05) is 6.79 Å². The van der Waals surface area contributed by atoms with Crippen molar-refractivity contribution in [3.63, 3.8) is 0 Å². The molecule has 0 amide bonds. The zero-order chi connectivity index (χ0) is 13.5. The first-order valence-electron chi connectivity index (χ1n) is 6.39. The maximum atomic E-state index is 5.52. The molecule has 2 heteroatoms. The Morgan fingerprint density at radius 3 is 1.89 bits per heavy atom. The Labute approximate surface area is 114 Å². The lowest BCUT2D eigenvalue weighted by molar-refractivity contribution is 0.120. The van der Waals surface area contributed by atoms with Crippen LogP contribution >= 0.6 is 0 Å². The van der Waals surface area contributed by atoms with Crippen molar-refractivity contribution in [3.8, 4) is 11.5 Å². The molecule has 0 saturated heterocycles. The van der Waals surface area contributed by atoms with Gasteiger partial charge in [0.25, 0.3) is 0 Å². The fourth-order valence-corrected chi connectivity index (χ4v) is 1.69. The monoisotopic (exact) mass is 254 g/mol. The lowest BCUT2D eigenvalue weighted by Crippen LogP contribution is -2.05. The molecular weight excluding hydrogens is 236 g/mol. The lowest BCUT2D eigenvalue weighted by Gasteiger charge is -2.09. The molecule has 0 saturated carbocycles. The maximum Gasteiger partial charge on any atom is 0.230 e. The Balaban J connectivity index is 1.83. The highest BCUT2D eigenvalue weighted by Gasteiger charge is 1.96. The van der Waals surface area contributed by atoms with E-state index in [0.29, 0.717) is 0 Å². The van der Waals surface area contributed by atoms with Crippen LogP contribution in [0.25, 0.3) is 6.08 Å². The summed E-state index contributed by atoms with van der Waals surface area (Å²) in [5.74, 6) is 1.61. The van der Waals surface area contributed by atoms with E-state index in [1.165, 1.54) is 5.56 Å². The van der Waals surface area contributed by atoms with E-state index in [-0.39, 0.29) is 6.79 Å². The van der Waals surface area contributed by atoms with Crippen molar-refractivity contribution < 1.29 is 9.47 Å². The van der Waals surface area contributed by atoms with Crippen LogP contribution in [0.15, 0.2) is 55.1 Å². The van der Waals surface area contributed by atoms with Gasteiger partial charge in [0.15, 0.2) is 0 Å². The van der Waals surface area contributed by atoms with Gasteiger partial charge in [0.05, 0.1) is 0 Å². The van der Waals surface area contributed by atoms with Crippen LogP contribution in [0.1, 0.15) is 18.1 Å². The molecule has 0 unspecified atom stereocenters. The van der Waals surface area contributed by atoms with E-state index < -0.39 is 0 Å². The summed E-state index contributed by atoms with van der Waals surface area (Å²) in [5.41, 5.74) is 2.37. The molecule has 0 N–H and O–H groups in total. The summed E-state index contributed by atoms with van der Waals surface area (Å²) in [6, 6.07) is 15.8. The summed E-state index contributed by atoms with van der Waals surface area (Å²) in [6.45, 7) is 6.05. The van der Waals surface area contributed by atoms with Crippen molar-refractivity contribution in [1.82, 2.24) is 0 Å². The minimum atomic E-state index is 0.207. The van der Waals surface area contributed by atoms with Crippen LogP contribution in [0.5, 0.6) is 11.5 Å². The summed E-state index contributed by atoms with van der Waals surface area (Å²) in [6.07, 6.45) is 2.84. The van der Waals surface area contributed by atoms with Gasteiger partial charge in [0.1, 0.15) is 11.5 Å². The SMILES string of the molecule is C=Cc1ccc(OCOc2ccc(CC)cc2)cc1. The fourth-order valence-electron chi connectivity index (χ4n) is 1.69. The van der Waals surface area contributed by atoms with Crippen LogP contribution in [0, 0.1) is 0 Å². The molecule has 0 heterocycles. The second-order valence-corrected chi connectivity index (χ2v) is 4.18. The lowest BCUT2D eigenvalue weighted by atomic mass is 10.2. The molecule has 2 nitrogen and oxygen atoms in total. The molecule has 0 aliphatic rings. The molecule has 0 atom stereocenters. The number of hydrogen-bond acceptors (Lipinski definition) is 2. The average Bonchev–Trinajstić information content (AvgIpc) is 2.49. The van der Waals surface area contributed by atoms with E-state index in [0.717, 1.165) is 23.5 Å². The van der Waals surface area contributed by atoms with Gasteiger partial charge in [0, 0.05) is 0 Å². The van der Waals surface area contributed by atoms with Gasteiger partial charge >= 0.3 is 0 Å². The Morgan fingerprint density at radius 1 is 0.895 bits per heavy atom. The fraction of sp³-hybridized carbons (Fsp3) is 0.176. The standard InChI is InChI=1S/C17H18O2/c1-3-14-5-9-16(10-6-14)18-13-19-17-11-7-15(4-2)8-12-17/h3,5-12H,1,4,13H2,2H3. The smallest absolute Gasteiger partial charge is 0.230 e. The van der Waals surface area contributed by atoms with Crippen LogP contribution in [0.4, 0.5) is 0 Å². The molecule has 0 aromatic heterocycles. The highest BCUT2D eigenvalue weighted by Crippen LogP contribution is 2.15. The quantitative estimate of drug-likeness (QED) is 0.715. The minimum absolute atomic E-state index is 0.207. The molecule has 0 spiro atoms. The molecule has 0 fully saturated rings. The molecule has 0 aliphatic heterocycles. The molecule has 0 radical (unpaired) electrons. The Kier molecular flexibility index (Phi) is 4.62. The first-order chi connectivity index (χ1) is 9.31. The predicted octanol–water partition coefficient (Wildman–Crippen LogP) is 4.31. The first kappa shape index (κ1) is 13.2. The zero-order valence-corrected chi connectivity index (χ0v) is 11.1. The number of hydrogen-bond donors (Lipinski definition) is 0. The zero-order valence-electron chi connectivity index (χ0n) is 11.1. The summed E-state index contributed by atoms with van der Waals surface area (Å²) >= 11 is 0. The molecule has 19 heavy (non-hydrogen) atoms. The van der Waals surface area contributed by atoms with Crippen LogP contribution in [-0.4, -0.2) is 6.79 Å². The Morgan fingerprint density at radius 2 is 1.42 bits per heavy atom. The van der Waals surface area contributed by atoms with Gasteiger partial charge in [-0.25, -0.2) is 0 Å². The van der Waals surface area contributed by atoms with E-state index in [1.807, 2.05) is 36.4 Å². The van der Waals surface area contributed by atoms with E-state index in [2.05, 4.69) is 25.6 Å². The summed E-state index contributed by atoms with van der Waals surface area (Å²) in [7, 11) is 0. The highest BCUT2D eigenvalue weighted by molar-refractivity contribution is 5.48. The molecule has 98 valence electrons. The summed E-state index contributed by atoms with van der Waals surface area (Å²) in [4.78, 5) is 0.